The third-order valence-corrected chi connectivity index (χ3v) is 4.56. The van der Waals surface area contributed by atoms with Crippen LogP contribution in [0.1, 0.15) is 31.7 Å². The second kappa shape index (κ2) is 9.89. The number of carbonyl (C=O) groups excluding carboxylic acids is 2. The summed E-state index contributed by atoms with van der Waals surface area (Å²) in [6.45, 7) is 3.97. The van der Waals surface area contributed by atoms with Gasteiger partial charge in [0.15, 0.2) is 6.61 Å². The molecular weight excluding hydrogens is 334 g/mol. The summed E-state index contributed by atoms with van der Waals surface area (Å²) in [6.07, 6.45) is 0.274. The summed E-state index contributed by atoms with van der Waals surface area (Å²) >= 11 is 1.59. The molecule has 4 nitrogen and oxygen atoms in total. The van der Waals surface area contributed by atoms with E-state index in [1.165, 1.54) is 5.56 Å². The van der Waals surface area contributed by atoms with Crippen LogP contribution >= 0.6 is 11.8 Å². The summed E-state index contributed by atoms with van der Waals surface area (Å²) in [6, 6.07) is 17.5. The molecule has 0 atom stereocenters. The predicted molar refractivity (Wildman–Crippen MR) is 102 cm³/mol. The molecule has 2 aromatic carbocycles. The maximum Gasteiger partial charge on any atom is 0.307 e. The molecule has 2 rings (SSSR count). The topological polar surface area (TPSA) is 55.4 Å². The first-order valence-electron chi connectivity index (χ1n) is 8.28. The minimum absolute atomic E-state index is 0.263. The SMILES string of the molecule is CC(C)c1ccc(NC(=O)COC(=O)CCSc2ccccc2)cc1. The van der Waals surface area contributed by atoms with E-state index in [1.807, 2.05) is 54.6 Å². The van der Waals surface area contributed by atoms with Crippen LogP contribution in [0.2, 0.25) is 0 Å². The molecular formula is C20H23NO3S. The van der Waals surface area contributed by atoms with Crippen LogP contribution in [0.3, 0.4) is 0 Å². The van der Waals surface area contributed by atoms with Crippen molar-refractivity contribution in [2.45, 2.75) is 31.1 Å². The number of carbonyl (C=O) groups is 2. The fourth-order valence-corrected chi connectivity index (χ4v) is 2.99. The molecule has 0 aliphatic heterocycles. The summed E-state index contributed by atoms with van der Waals surface area (Å²) in [4.78, 5) is 24.6. The van der Waals surface area contributed by atoms with Gasteiger partial charge in [-0.15, -0.1) is 11.8 Å². The van der Waals surface area contributed by atoms with Crippen LogP contribution in [0.5, 0.6) is 0 Å². The van der Waals surface area contributed by atoms with Gasteiger partial charge in [0.2, 0.25) is 0 Å². The van der Waals surface area contributed by atoms with Gasteiger partial charge in [0.25, 0.3) is 5.91 Å². The first-order chi connectivity index (χ1) is 12.0. The molecule has 132 valence electrons. The van der Waals surface area contributed by atoms with Crippen molar-refractivity contribution in [3.05, 3.63) is 60.2 Å². The van der Waals surface area contributed by atoms with Crippen LogP contribution in [0, 0.1) is 0 Å². The molecule has 0 bridgehead atoms. The molecule has 0 radical (unpaired) electrons. The normalized spacial score (nSPS) is 10.5. The van der Waals surface area contributed by atoms with Crippen LogP contribution < -0.4 is 5.32 Å². The molecule has 0 aliphatic carbocycles. The minimum Gasteiger partial charge on any atom is -0.456 e. The third-order valence-electron chi connectivity index (χ3n) is 3.54. The molecule has 0 aliphatic rings. The summed E-state index contributed by atoms with van der Waals surface area (Å²) in [7, 11) is 0. The number of amides is 1. The summed E-state index contributed by atoms with van der Waals surface area (Å²) in [5.41, 5.74) is 1.91. The highest BCUT2D eigenvalue weighted by Crippen LogP contribution is 2.18. The Balaban J connectivity index is 1.66. The lowest BCUT2D eigenvalue weighted by Gasteiger charge is -2.09. The maximum absolute atomic E-state index is 11.8. The van der Waals surface area contributed by atoms with Gasteiger partial charge in [-0.3, -0.25) is 9.59 Å². The molecule has 5 heteroatoms. The van der Waals surface area contributed by atoms with E-state index >= 15 is 0 Å². The maximum atomic E-state index is 11.8. The zero-order valence-corrected chi connectivity index (χ0v) is 15.3. The Hall–Kier alpha value is -2.27. The first kappa shape index (κ1) is 19.1. The largest absolute Gasteiger partial charge is 0.456 e. The number of ether oxygens (including phenoxy) is 1. The molecule has 1 amide bonds. The van der Waals surface area contributed by atoms with Gasteiger partial charge in [0, 0.05) is 16.3 Å². The van der Waals surface area contributed by atoms with Gasteiger partial charge < -0.3 is 10.1 Å². The number of hydrogen-bond donors (Lipinski definition) is 1. The van der Waals surface area contributed by atoms with E-state index in [-0.39, 0.29) is 24.9 Å². The Labute approximate surface area is 153 Å². The van der Waals surface area contributed by atoms with Gasteiger partial charge in [-0.1, -0.05) is 44.2 Å². The van der Waals surface area contributed by atoms with Crippen LogP contribution in [0.25, 0.3) is 0 Å². The number of thioether (sulfide) groups is 1. The molecule has 0 saturated heterocycles. The van der Waals surface area contributed by atoms with E-state index in [1.54, 1.807) is 11.8 Å². The smallest absolute Gasteiger partial charge is 0.307 e. The van der Waals surface area contributed by atoms with Gasteiger partial charge in [0.05, 0.1) is 6.42 Å². The Bertz CT molecular complexity index is 684. The van der Waals surface area contributed by atoms with E-state index < -0.39 is 0 Å². The summed E-state index contributed by atoms with van der Waals surface area (Å²) in [5, 5.41) is 2.72. The van der Waals surface area contributed by atoms with Gasteiger partial charge in [-0.25, -0.2) is 0 Å². The van der Waals surface area contributed by atoms with Crippen molar-refractivity contribution in [1.29, 1.82) is 0 Å². The van der Waals surface area contributed by atoms with Crippen molar-refractivity contribution in [3.8, 4) is 0 Å². The van der Waals surface area contributed by atoms with E-state index in [4.69, 9.17) is 4.74 Å². The number of nitrogens with one attached hydrogen (secondary N) is 1. The highest BCUT2D eigenvalue weighted by Gasteiger charge is 2.08. The van der Waals surface area contributed by atoms with E-state index in [0.717, 1.165) is 4.90 Å². The minimum atomic E-state index is -0.367. The van der Waals surface area contributed by atoms with Gasteiger partial charge in [-0.2, -0.15) is 0 Å². The van der Waals surface area contributed by atoms with Crippen molar-refractivity contribution in [2.24, 2.45) is 0 Å². The molecule has 0 unspecified atom stereocenters. The van der Waals surface area contributed by atoms with Crippen molar-refractivity contribution in [2.75, 3.05) is 17.7 Å². The molecule has 0 fully saturated rings. The Morgan fingerprint density at radius 3 is 2.36 bits per heavy atom. The second-order valence-corrected chi connectivity index (χ2v) is 7.07. The van der Waals surface area contributed by atoms with Gasteiger partial charge >= 0.3 is 5.97 Å². The zero-order valence-electron chi connectivity index (χ0n) is 14.5. The lowest BCUT2D eigenvalue weighted by atomic mass is 10.0. The highest BCUT2D eigenvalue weighted by molar-refractivity contribution is 7.99. The Morgan fingerprint density at radius 2 is 1.72 bits per heavy atom. The van der Waals surface area contributed by atoms with E-state index in [0.29, 0.717) is 17.4 Å². The first-order valence-corrected chi connectivity index (χ1v) is 9.26. The van der Waals surface area contributed by atoms with Crippen LogP contribution in [0.15, 0.2) is 59.5 Å². The number of hydrogen-bond acceptors (Lipinski definition) is 4. The molecule has 1 N–H and O–H groups in total. The molecule has 0 spiro atoms. The van der Waals surface area contributed by atoms with Crippen molar-refractivity contribution >= 4 is 29.3 Å². The molecule has 0 saturated carbocycles. The van der Waals surface area contributed by atoms with Crippen molar-refractivity contribution < 1.29 is 14.3 Å². The Morgan fingerprint density at radius 1 is 1.04 bits per heavy atom. The Kier molecular flexibility index (Phi) is 7.54. The fourth-order valence-electron chi connectivity index (χ4n) is 2.14. The number of benzene rings is 2. The zero-order chi connectivity index (χ0) is 18.1. The monoisotopic (exact) mass is 357 g/mol. The predicted octanol–water partition coefficient (Wildman–Crippen LogP) is 4.47. The average Bonchev–Trinajstić information content (AvgIpc) is 2.61. The van der Waals surface area contributed by atoms with Gasteiger partial charge in [-0.05, 0) is 35.7 Å². The quantitative estimate of drug-likeness (QED) is 0.559. The average molecular weight is 357 g/mol. The third kappa shape index (κ3) is 7.01. The van der Waals surface area contributed by atoms with Crippen molar-refractivity contribution in [3.63, 3.8) is 0 Å². The fraction of sp³-hybridized carbons (Fsp3) is 0.300. The summed E-state index contributed by atoms with van der Waals surface area (Å²) in [5.74, 6) is 0.371. The number of esters is 1. The van der Waals surface area contributed by atoms with Crippen LogP contribution in [-0.4, -0.2) is 24.2 Å². The number of anilines is 1. The molecule has 2 aromatic rings. The standard InChI is InChI=1S/C20H23NO3S/c1-15(2)16-8-10-17(11-9-16)21-19(22)14-24-20(23)12-13-25-18-6-4-3-5-7-18/h3-11,15H,12-14H2,1-2H3,(H,21,22). The molecule has 0 aromatic heterocycles. The van der Waals surface area contributed by atoms with Gasteiger partial charge in [0.1, 0.15) is 0 Å². The van der Waals surface area contributed by atoms with Crippen molar-refractivity contribution in [1.82, 2.24) is 0 Å². The van der Waals surface area contributed by atoms with E-state index in [9.17, 15) is 9.59 Å². The lowest BCUT2D eigenvalue weighted by molar-refractivity contribution is -0.146. The lowest BCUT2D eigenvalue weighted by Crippen LogP contribution is -2.21. The highest BCUT2D eigenvalue weighted by atomic mass is 32.2. The second-order valence-electron chi connectivity index (χ2n) is 5.90. The number of rotatable bonds is 8. The molecule has 25 heavy (non-hydrogen) atoms. The van der Waals surface area contributed by atoms with Crippen LogP contribution in [-0.2, 0) is 14.3 Å². The summed E-state index contributed by atoms with van der Waals surface area (Å²) < 4.78 is 5.01. The van der Waals surface area contributed by atoms with Crippen LogP contribution in [0.4, 0.5) is 5.69 Å². The van der Waals surface area contributed by atoms with E-state index in [2.05, 4.69) is 19.2 Å². The molecule has 0 heterocycles.